The standard InChI is InChI=1S/C12H16N2O3/c1-8-4-5-10(13)9(6-8)12(16)17-7-11(15)14(2)3/h4-6H,7,13H2,1-3H3. The van der Waals surface area contributed by atoms with Gasteiger partial charge in [-0.25, -0.2) is 4.79 Å². The van der Waals surface area contributed by atoms with Gasteiger partial charge in [0.1, 0.15) is 0 Å². The highest BCUT2D eigenvalue weighted by molar-refractivity contribution is 5.96. The Morgan fingerprint density at radius 1 is 1.35 bits per heavy atom. The highest BCUT2D eigenvalue weighted by atomic mass is 16.5. The van der Waals surface area contributed by atoms with E-state index >= 15 is 0 Å². The lowest BCUT2D eigenvalue weighted by atomic mass is 10.1. The number of nitrogens with zero attached hydrogens (tertiary/aromatic N) is 1. The van der Waals surface area contributed by atoms with Crippen molar-refractivity contribution in [1.82, 2.24) is 4.90 Å². The summed E-state index contributed by atoms with van der Waals surface area (Å²) in [5.41, 5.74) is 7.20. The van der Waals surface area contributed by atoms with Gasteiger partial charge in [0.2, 0.25) is 0 Å². The largest absolute Gasteiger partial charge is 0.452 e. The summed E-state index contributed by atoms with van der Waals surface area (Å²) < 4.78 is 4.88. The molecule has 2 N–H and O–H groups in total. The average Bonchev–Trinajstić information content (AvgIpc) is 2.28. The third kappa shape index (κ3) is 3.48. The molecule has 1 rings (SSSR count). The van der Waals surface area contributed by atoms with Crippen molar-refractivity contribution in [2.75, 3.05) is 26.4 Å². The maximum Gasteiger partial charge on any atom is 0.340 e. The van der Waals surface area contributed by atoms with Crippen LogP contribution < -0.4 is 5.73 Å². The molecule has 1 aromatic rings. The first-order valence-electron chi connectivity index (χ1n) is 5.15. The van der Waals surface area contributed by atoms with E-state index in [-0.39, 0.29) is 18.1 Å². The van der Waals surface area contributed by atoms with Gasteiger partial charge in [-0.05, 0) is 19.1 Å². The van der Waals surface area contributed by atoms with Crippen LogP contribution in [0.2, 0.25) is 0 Å². The van der Waals surface area contributed by atoms with Gasteiger partial charge in [-0.2, -0.15) is 0 Å². The fraction of sp³-hybridized carbons (Fsp3) is 0.333. The number of carbonyl (C=O) groups excluding carboxylic acids is 2. The quantitative estimate of drug-likeness (QED) is 0.623. The Balaban J connectivity index is 2.70. The molecule has 0 aromatic heterocycles. The lowest BCUT2D eigenvalue weighted by Gasteiger charge is -2.11. The van der Waals surface area contributed by atoms with Gasteiger partial charge < -0.3 is 15.4 Å². The Morgan fingerprint density at radius 3 is 2.59 bits per heavy atom. The molecule has 0 bridgehead atoms. The molecule has 0 unspecified atom stereocenters. The van der Waals surface area contributed by atoms with Gasteiger partial charge in [0, 0.05) is 19.8 Å². The normalized spacial score (nSPS) is 9.82. The summed E-state index contributed by atoms with van der Waals surface area (Å²) >= 11 is 0. The Labute approximate surface area is 100 Å². The Hall–Kier alpha value is -2.04. The molecule has 1 aromatic carbocycles. The topological polar surface area (TPSA) is 72.6 Å². The smallest absolute Gasteiger partial charge is 0.340 e. The van der Waals surface area contributed by atoms with E-state index in [1.165, 1.54) is 4.90 Å². The second-order valence-electron chi connectivity index (χ2n) is 3.96. The van der Waals surface area contributed by atoms with E-state index in [9.17, 15) is 9.59 Å². The molecule has 0 heterocycles. The average molecular weight is 236 g/mol. The van der Waals surface area contributed by atoms with Crippen LogP contribution in [0.15, 0.2) is 18.2 Å². The van der Waals surface area contributed by atoms with Crippen molar-refractivity contribution in [2.45, 2.75) is 6.92 Å². The number of carbonyl (C=O) groups is 2. The van der Waals surface area contributed by atoms with Gasteiger partial charge in [0.15, 0.2) is 6.61 Å². The van der Waals surface area contributed by atoms with Gasteiger partial charge in [-0.3, -0.25) is 4.79 Å². The number of likely N-dealkylation sites (N-methyl/N-ethyl adjacent to an activating group) is 1. The maximum atomic E-state index is 11.7. The molecule has 0 atom stereocenters. The summed E-state index contributed by atoms with van der Waals surface area (Å²) in [5, 5.41) is 0. The van der Waals surface area contributed by atoms with Crippen LogP contribution in [0.3, 0.4) is 0 Å². The van der Waals surface area contributed by atoms with Crippen molar-refractivity contribution in [2.24, 2.45) is 0 Å². The minimum Gasteiger partial charge on any atom is -0.452 e. The van der Waals surface area contributed by atoms with Crippen LogP contribution in [0, 0.1) is 6.92 Å². The summed E-state index contributed by atoms with van der Waals surface area (Å²) in [6.45, 7) is 1.57. The maximum absolute atomic E-state index is 11.7. The molecule has 5 nitrogen and oxygen atoms in total. The van der Waals surface area contributed by atoms with E-state index in [1.54, 1.807) is 32.3 Å². The molecule has 0 saturated heterocycles. The number of rotatable bonds is 3. The zero-order chi connectivity index (χ0) is 13.0. The lowest BCUT2D eigenvalue weighted by Crippen LogP contribution is -2.27. The van der Waals surface area contributed by atoms with E-state index in [0.29, 0.717) is 5.69 Å². The van der Waals surface area contributed by atoms with Crippen molar-refractivity contribution in [3.63, 3.8) is 0 Å². The van der Waals surface area contributed by atoms with E-state index in [4.69, 9.17) is 10.5 Å². The summed E-state index contributed by atoms with van der Waals surface area (Å²) in [4.78, 5) is 24.3. The predicted molar refractivity (Wildman–Crippen MR) is 64.6 cm³/mol. The number of hydrogen-bond acceptors (Lipinski definition) is 4. The zero-order valence-electron chi connectivity index (χ0n) is 10.2. The first-order valence-corrected chi connectivity index (χ1v) is 5.15. The van der Waals surface area contributed by atoms with E-state index < -0.39 is 5.97 Å². The number of aryl methyl sites for hydroxylation is 1. The van der Waals surface area contributed by atoms with E-state index in [0.717, 1.165) is 5.56 Å². The third-order valence-corrected chi connectivity index (χ3v) is 2.25. The summed E-state index contributed by atoms with van der Waals surface area (Å²) in [7, 11) is 3.19. The van der Waals surface area contributed by atoms with Crippen molar-refractivity contribution < 1.29 is 14.3 Å². The molecule has 5 heteroatoms. The number of ether oxygens (including phenoxy) is 1. The number of nitrogens with two attached hydrogens (primary N) is 1. The van der Waals surface area contributed by atoms with Gasteiger partial charge in [-0.1, -0.05) is 11.6 Å². The Kier molecular flexibility index (Phi) is 4.09. The number of amides is 1. The summed E-state index contributed by atoms with van der Waals surface area (Å²) in [6, 6.07) is 5.08. The van der Waals surface area contributed by atoms with Crippen LogP contribution in [-0.2, 0) is 9.53 Å². The highest BCUT2D eigenvalue weighted by Gasteiger charge is 2.14. The number of anilines is 1. The lowest BCUT2D eigenvalue weighted by molar-refractivity contribution is -0.131. The molecule has 0 aliphatic rings. The molecule has 17 heavy (non-hydrogen) atoms. The van der Waals surface area contributed by atoms with Crippen molar-refractivity contribution in [3.05, 3.63) is 29.3 Å². The highest BCUT2D eigenvalue weighted by Crippen LogP contribution is 2.14. The molecule has 0 radical (unpaired) electrons. The molecule has 0 aliphatic heterocycles. The van der Waals surface area contributed by atoms with Gasteiger partial charge >= 0.3 is 5.97 Å². The first-order chi connectivity index (χ1) is 7.91. The fourth-order valence-electron chi connectivity index (χ4n) is 1.18. The Morgan fingerprint density at radius 2 is 2.00 bits per heavy atom. The third-order valence-electron chi connectivity index (χ3n) is 2.25. The fourth-order valence-corrected chi connectivity index (χ4v) is 1.18. The van der Waals surface area contributed by atoms with Crippen LogP contribution in [0.1, 0.15) is 15.9 Å². The molecule has 0 fully saturated rings. The van der Waals surface area contributed by atoms with Crippen LogP contribution in [-0.4, -0.2) is 37.5 Å². The van der Waals surface area contributed by atoms with Crippen LogP contribution in [0.5, 0.6) is 0 Å². The van der Waals surface area contributed by atoms with Crippen LogP contribution in [0.4, 0.5) is 5.69 Å². The molecule has 92 valence electrons. The number of hydrogen-bond donors (Lipinski definition) is 1. The van der Waals surface area contributed by atoms with E-state index in [2.05, 4.69) is 0 Å². The van der Waals surface area contributed by atoms with Crippen LogP contribution >= 0.6 is 0 Å². The second kappa shape index (κ2) is 5.34. The van der Waals surface area contributed by atoms with E-state index in [1.807, 2.05) is 6.92 Å². The molecule has 0 aliphatic carbocycles. The molecular weight excluding hydrogens is 220 g/mol. The van der Waals surface area contributed by atoms with Gasteiger partial charge in [-0.15, -0.1) is 0 Å². The van der Waals surface area contributed by atoms with Gasteiger partial charge in [0.25, 0.3) is 5.91 Å². The summed E-state index contributed by atoms with van der Waals surface area (Å²) in [5.74, 6) is -0.856. The second-order valence-corrected chi connectivity index (χ2v) is 3.96. The molecule has 1 amide bonds. The number of esters is 1. The van der Waals surface area contributed by atoms with Gasteiger partial charge in [0.05, 0.1) is 5.56 Å². The Bertz CT molecular complexity index is 441. The van der Waals surface area contributed by atoms with Crippen molar-refractivity contribution >= 4 is 17.6 Å². The van der Waals surface area contributed by atoms with Crippen molar-refractivity contribution in [3.8, 4) is 0 Å². The summed E-state index contributed by atoms with van der Waals surface area (Å²) in [6.07, 6.45) is 0. The van der Waals surface area contributed by atoms with Crippen LogP contribution in [0.25, 0.3) is 0 Å². The van der Waals surface area contributed by atoms with Crippen molar-refractivity contribution in [1.29, 1.82) is 0 Å². The zero-order valence-corrected chi connectivity index (χ0v) is 10.2. The first kappa shape index (κ1) is 13.0. The number of nitrogen functional groups attached to an aromatic ring is 1. The minimum absolute atomic E-state index is 0.274. The molecular formula is C12H16N2O3. The SMILES string of the molecule is Cc1ccc(N)c(C(=O)OCC(=O)N(C)C)c1. The monoisotopic (exact) mass is 236 g/mol. The minimum atomic E-state index is -0.582. The molecule has 0 spiro atoms. The predicted octanol–water partition coefficient (Wildman–Crippen LogP) is 0.822. The molecule has 0 saturated carbocycles. The number of benzene rings is 1.